The Kier molecular flexibility index (Phi) is 6.49. The second kappa shape index (κ2) is 8.69. The highest BCUT2D eigenvalue weighted by molar-refractivity contribution is 9.10. The molecule has 0 atom stereocenters. The van der Waals surface area contributed by atoms with Crippen LogP contribution in [0.1, 0.15) is 5.56 Å². The Balaban J connectivity index is 1.56. The SMILES string of the molecule is Cc1ccc(NC(=O)CN2CCN(S(=O)(=O)c3cccc(F)c3)CC2)c(Br)c1. The Morgan fingerprint density at radius 1 is 1.14 bits per heavy atom. The Morgan fingerprint density at radius 3 is 2.50 bits per heavy atom. The van der Waals surface area contributed by atoms with Crippen molar-refractivity contribution < 1.29 is 17.6 Å². The van der Waals surface area contributed by atoms with Crippen LogP contribution in [0.5, 0.6) is 0 Å². The van der Waals surface area contributed by atoms with Crippen LogP contribution in [-0.4, -0.2) is 56.3 Å². The zero-order valence-electron chi connectivity index (χ0n) is 15.4. The van der Waals surface area contributed by atoms with E-state index in [9.17, 15) is 17.6 Å². The number of nitrogens with zero attached hydrogens (tertiary/aromatic N) is 2. The van der Waals surface area contributed by atoms with E-state index in [2.05, 4.69) is 21.2 Å². The number of amides is 1. The van der Waals surface area contributed by atoms with Gasteiger partial charge in [0.2, 0.25) is 15.9 Å². The molecule has 6 nitrogen and oxygen atoms in total. The summed E-state index contributed by atoms with van der Waals surface area (Å²) in [4.78, 5) is 14.2. The lowest BCUT2D eigenvalue weighted by Gasteiger charge is -2.33. The van der Waals surface area contributed by atoms with Gasteiger partial charge >= 0.3 is 0 Å². The van der Waals surface area contributed by atoms with Crippen LogP contribution in [0, 0.1) is 12.7 Å². The van der Waals surface area contributed by atoms with Gasteiger partial charge in [0, 0.05) is 30.7 Å². The predicted molar refractivity (Wildman–Crippen MR) is 109 cm³/mol. The monoisotopic (exact) mass is 469 g/mol. The number of aryl methyl sites for hydroxylation is 1. The fourth-order valence-electron chi connectivity index (χ4n) is 3.02. The van der Waals surface area contributed by atoms with Crippen molar-refractivity contribution in [1.29, 1.82) is 0 Å². The molecule has 0 bridgehead atoms. The summed E-state index contributed by atoms with van der Waals surface area (Å²) in [5, 5.41) is 2.86. The molecule has 0 spiro atoms. The number of anilines is 1. The van der Waals surface area contributed by atoms with Crippen molar-refractivity contribution in [3.8, 4) is 0 Å². The summed E-state index contributed by atoms with van der Waals surface area (Å²) in [6.45, 7) is 3.50. The van der Waals surface area contributed by atoms with E-state index in [1.165, 1.54) is 22.5 Å². The third kappa shape index (κ3) is 4.96. The number of benzene rings is 2. The van der Waals surface area contributed by atoms with E-state index in [0.29, 0.717) is 18.8 Å². The number of hydrogen-bond acceptors (Lipinski definition) is 4. The normalized spacial score (nSPS) is 16.1. The highest BCUT2D eigenvalue weighted by Gasteiger charge is 2.29. The van der Waals surface area contributed by atoms with E-state index in [4.69, 9.17) is 0 Å². The molecule has 1 amide bonds. The van der Waals surface area contributed by atoms with Gasteiger partial charge in [-0.15, -0.1) is 0 Å². The number of carbonyl (C=O) groups excluding carboxylic acids is 1. The summed E-state index contributed by atoms with van der Waals surface area (Å²) in [6.07, 6.45) is 0. The smallest absolute Gasteiger partial charge is 0.243 e. The van der Waals surface area contributed by atoms with Gasteiger partial charge in [-0.25, -0.2) is 12.8 Å². The van der Waals surface area contributed by atoms with Gasteiger partial charge in [-0.3, -0.25) is 9.69 Å². The van der Waals surface area contributed by atoms with Gasteiger partial charge in [0.25, 0.3) is 0 Å². The summed E-state index contributed by atoms with van der Waals surface area (Å²) in [5.41, 5.74) is 1.78. The van der Waals surface area contributed by atoms with Gasteiger partial charge in [-0.1, -0.05) is 12.1 Å². The zero-order valence-corrected chi connectivity index (χ0v) is 17.8. The molecule has 1 aliphatic rings. The highest BCUT2D eigenvalue weighted by atomic mass is 79.9. The fraction of sp³-hybridized carbons (Fsp3) is 0.316. The molecular formula is C19H21BrFN3O3S. The van der Waals surface area contributed by atoms with Crippen LogP contribution in [0.2, 0.25) is 0 Å². The Hall–Kier alpha value is -1.81. The molecule has 2 aromatic carbocycles. The Morgan fingerprint density at radius 2 is 1.86 bits per heavy atom. The zero-order chi connectivity index (χ0) is 20.3. The summed E-state index contributed by atoms with van der Waals surface area (Å²) in [5.74, 6) is -0.746. The topological polar surface area (TPSA) is 69.7 Å². The Labute approximate surface area is 172 Å². The number of rotatable bonds is 5. The first-order valence-corrected chi connectivity index (χ1v) is 11.0. The minimum absolute atomic E-state index is 0.0529. The van der Waals surface area contributed by atoms with E-state index in [0.717, 1.165) is 16.1 Å². The molecule has 150 valence electrons. The van der Waals surface area contributed by atoms with Crippen molar-refractivity contribution in [1.82, 2.24) is 9.21 Å². The lowest BCUT2D eigenvalue weighted by molar-refractivity contribution is -0.117. The van der Waals surface area contributed by atoms with Crippen molar-refractivity contribution in [3.63, 3.8) is 0 Å². The van der Waals surface area contributed by atoms with Crippen LogP contribution < -0.4 is 5.32 Å². The van der Waals surface area contributed by atoms with Crippen molar-refractivity contribution in [2.45, 2.75) is 11.8 Å². The molecule has 2 aromatic rings. The van der Waals surface area contributed by atoms with Gasteiger partial charge in [0.15, 0.2) is 0 Å². The third-order valence-corrected chi connectivity index (χ3v) is 7.08. The van der Waals surface area contributed by atoms with Gasteiger partial charge in [0.1, 0.15) is 5.82 Å². The summed E-state index contributed by atoms with van der Waals surface area (Å²) in [6, 6.07) is 10.7. The van der Waals surface area contributed by atoms with Crippen LogP contribution in [0.3, 0.4) is 0 Å². The number of hydrogen-bond donors (Lipinski definition) is 1. The van der Waals surface area contributed by atoms with Gasteiger partial charge in [0.05, 0.1) is 17.1 Å². The molecular weight excluding hydrogens is 449 g/mol. The van der Waals surface area contributed by atoms with Crippen molar-refractivity contribution in [3.05, 3.63) is 58.3 Å². The fourth-order valence-corrected chi connectivity index (χ4v) is 5.07. The molecule has 1 heterocycles. The maximum Gasteiger partial charge on any atom is 0.243 e. The molecule has 1 N–H and O–H groups in total. The van der Waals surface area contributed by atoms with Crippen LogP contribution >= 0.6 is 15.9 Å². The second-order valence-electron chi connectivity index (χ2n) is 6.67. The molecule has 3 rings (SSSR count). The van der Waals surface area contributed by atoms with Gasteiger partial charge in [-0.2, -0.15) is 4.31 Å². The number of nitrogens with one attached hydrogen (secondary N) is 1. The summed E-state index contributed by atoms with van der Waals surface area (Å²) in [7, 11) is -3.73. The van der Waals surface area contributed by atoms with Crippen molar-refractivity contribution >= 4 is 37.5 Å². The lowest BCUT2D eigenvalue weighted by Crippen LogP contribution is -2.50. The van der Waals surface area contributed by atoms with E-state index in [1.807, 2.05) is 30.0 Å². The molecule has 0 unspecified atom stereocenters. The molecule has 0 aliphatic carbocycles. The van der Waals surface area contributed by atoms with E-state index in [-0.39, 0.29) is 30.4 Å². The third-order valence-electron chi connectivity index (χ3n) is 4.53. The predicted octanol–water partition coefficient (Wildman–Crippen LogP) is 2.84. The molecule has 0 aromatic heterocycles. The average molecular weight is 470 g/mol. The molecule has 1 aliphatic heterocycles. The number of halogens is 2. The molecule has 1 fully saturated rings. The number of piperazine rings is 1. The first-order chi connectivity index (χ1) is 13.3. The van der Waals surface area contributed by atoms with E-state index >= 15 is 0 Å². The molecule has 9 heteroatoms. The largest absolute Gasteiger partial charge is 0.324 e. The van der Waals surface area contributed by atoms with Crippen LogP contribution in [0.4, 0.5) is 10.1 Å². The van der Waals surface area contributed by atoms with Gasteiger partial charge < -0.3 is 5.32 Å². The first-order valence-electron chi connectivity index (χ1n) is 8.80. The summed E-state index contributed by atoms with van der Waals surface area (Å²) < 4.78 is 40.8. The van der Waals surface area contributed by atoms with Crippen LogP contribution in [-0.2, 0) is 14.8 Å². The van der Waals surface area contributed by atoms with E-state index in [1.54, 1.807) is 0 Å². The Bertz CT molecular complexity index is 976. The average Bonchev–Trinajstić information content (AvgIpc) is 2.64. The molecule has 0 radical (unpaired) electrons. The lowest BCUT2D eigenvalue weighted by atomic mass is 10.2. The maximum absolute atomic E-state index is 13.4. The maximum atomic E-state index is 13.4. The minimum Gasteiger partial charge on any atom is -0.324 e. The summed E-state index contributed by atoms with van der Waals surface area (Å²) >= 11 is 3.43. The second-order valence-corrected chi connectivity index (χ2v) is 9.46. The van der Waals surface area contributed by atoms with E-state index < -0.39 is 15.8 Å². The minimum atomic E-state index is -3.73. The quantitative estimate of drug-likeness (QED) is 0.730. The number of sulfonamides is 1. The van der Waals surface area contributed by atoms with Crippen molar-refractivity contribution in [2.24, 2.45) is 0 Å². The van der Waals surface area contributed by atoms with Crippen molar-refractivity contribution in [2.75, 3.05) is 38.0 Å². The molecule has 0 saturated carbocycles. The number of carbonyl (C=O) groups is 1. The first kappa shape index (κ1) is 20.9. The molecule has 28 heavy (non-hydrogen) atoms. The standard InChI is InChI=1S/C19H21BrFN3O3S/c1-14-5-6-18(17(20)11-14)22-19(25)13-23-7-9-24(10-8-23)28(26,27)16-4-2-3-15(21)12-16/h2-6,11-12H,7-10,13H2,1H3,(H,22,25). The van der Waals surface area contributed by atoms with Crippen LogP contribution in [0.15, 0.2) is 51.8 Å². The highest BCUT2D eigenvalue weighted by Crippen LogP contribution is 2.23. The van der Waals surface area contributed by atoms with Gasteiger partial charge in [-0.05, 0) is 58.7 Å². The molecule has 1 saturated heterocycles. The van der Waals surface area contributed by atoms with Crippen LogP contribution in [0.25, 0.3) is 0 Å².